The molecule has 2 aromatic carbocycles. The van der Waals surface area contributed by atoms with Crippen LogP contribution in [0.15, 0.2) is 33.5 Å². The van der Waals surface area contributed by atoms with Gasteiger partial charge < -0.3 is 79.5 Å². The fourth-order valence-corrected chi connectivity index (χ4v) is 4.91. The average molecular weight is 627 g/mol. The summed E-state index contributed by atoms with van der Waals surface area (Å²) in [5.74, 6) is -5.16. The predicted molar refractivity (Wildman–Crippen MR) is 142 cm³/mol. The zero-order valence-electron chi connectivity index (χ0n) is 22.7. The quantitative estimate of drug-likeness (QED) is 0.132. The van der Waals surface area contributed by atoms with E-state index in [-0.39, 0.29) is 11.1 Å². The molecule has 240 valence electrons. The summed E-state index contributed by atoms with van der Waals surface area (Å²) in [6, 6.07) is 3.56. The number of ether oxygens (including phenoxy) is 4. The van der Waals surface area contributed by atoms with E-state index in [0.29, 0.717) is 0 Å². The molecule has 17 heteroatoms. The molecule has 5 rings (SSSR count). The SMILES string of the molecule is CC1OC(OCC2OC(Oc3c(-c4cc(O)c(O)c(O)c4)oc4cc(O)cc(O)c4c3=O)C(O)C(O)C2O)C(O)C(O)C1O. The van der Waals surface area contributed by atoms with E-state index >= 15 is 0 Å². The highest BCUT2D eigenvalue weighted by Gasteiger charge is 2.48. The van der Waals surface area contributed by atoms with Gasteiger partial charge in [-0.25, -0.2) is 0 Å². The van der Waals surface area contributed by atoms with E-state index in [9.17, 15) is 61.0 Å². The Kier molecular flexibility index (Phi) is 8.51. The monoisotopic (exact) mass is 626 g/mol. The second kappa shape index (κ2) is 11.9. The molecule has 44 heavy (non-hydrogen) atoms. The third-order valence-corrected chi connectivity index (χ3v) is 7.39. The first-order valence-electron chi connectivity index (χ1n) is 13.1. The van der Waals surface area contributed by atoms with Crippen LogP contribution < -0.4 is 10.2 Å². The van der Waals surface area contributed by atoms with E-state index in [1.54, 1.807) is 0 Å². The van der Waals surface area contributed by atoms with Gasteiger partial charge in [0.2, 0.25) is 17.5 Å². The largest absolute Gasteiger partial charge is 0.508 e. The summed E-state index contributed by atoms with van der Waals surface area (Å²) in [5, 5.41) is 111. The predicted octanol–water partition coefficient (Wildman–Crippen LogP) is -1.98. The molecule has 3 heterocycles. The van der Waals surface area contributed by atoms with E-state index < -0.39 is 119 Å². The molecular formula is C27H30O17. The molecule has 2 aliphatic rings. The molecule has 1 aromatic heterocycles. The van der Waals surface area contributed by atoms with Gasteiger partial charge in [-0.3, -0.25) is 4.79 Å². The maximum atomic E-state index is 13.6. The molecule has 0 bridgehead atoms. The van der Waals surface area contributed by atoms with Crippen molar-refractivity contribution in [1.82, 2.24) is 0 Å². The van der Waals surface area contributed by atoms with Crippen molar-refractivity contribution in [2.24, 2.45) is 0 Å². The van der Waals surface area contributed by atoms with E-state index in [4.69, 9.17) is 23.4 Å². The van der Waals surface area contributed by atoms with Crippen molar-refractivity contribution in [3.63, 3.8) is 0 Å². The summed E-state index contributed by atoms with van der Waals surface area (Å²) >= 11 is 0. The summed E-state index contributed by atoms with van der Waals surface area (Å²) in [6.07, 6.45) is -16.5. The first kappa shape index (κ1) is 31.5. The minimum Gasteiger partial charge on any atom is -0.508 e. The zero-order valence-corrected chi connectivity index (χ0v) is 22.7. The van der Waals surface area contributed by atoms with Crippen molar-refractivity contribution < 1.29 is 79.5 Å². The normalized spacial score (nSPS) is 32.5. The fourth-order valence-electron chi connectivity index (χ4n) is 4.91. The topological polar surface area (TPSA) is 290 Å². The van der Waals surface area contributed by atoms with Crippen LogP contribution in [0.3, 0.4) is 0 Å². The van der Waals surface area contributed by atoms with Gasteiger partial charge in [-0.2, -0.15) is 0 Å². The summed E-state index contributed by atoms with van der Waals surface area (Å²) in [5.41, 5.74) is -1.74. The number of rotatable bonds is 6. The van der Waals surface area contributed by atoms with Gasteiger partial charge >= 0.3 is 0 Å². The van der Waals surface area contributed by atoms with Crippen molar-refractivity contribution in [2.45, 2.75) is 68.3 Å². The van der Waals surface area contributed by atoms with Gasteiger partial charge in [0.1, 0.15) is 65.2 Å². The lowest BCUT2D eigenvalue weighted by atomic mass is 9.98. The molecule has 0 saturated carbocycles. The number of aromatic hydroxyl groups is 5. The lowest BCUT2D eigenvalue weighted by Crippen LogP contribution is -2.61. The summed E-state index contributed by atoms with van der Waals surface area (Å²) in [7, 11) is 0. The molecule has 2 fully saturated rings. The summed E-state index contributed by atoms with van der Waals surface area (Å²) in [4.78, 5) is 13.6. The number of hydrogen-bond acceptors (Lipinski definition) is 17. The van der Waals surface area contributed by atoms with Crippen LogP contribution in [0.5, 0.6) is 34.5 Å². The molecule has 0 amide bonds. The molecular weight excluding hydrogens is 596 g/mol. The molecule has 17 nitrogen and oxygen atoms in total. The van der Waals surface area contributed by atoms with Crippen LogP contribution in [0.1, 0.15) is 6.92 Å². The first-order valence-corrected chi connectivity index (χ1v) is 13.1. The Balaban J connectivity index is 1.50. The van der Waals surface area contributed by atoms with Crippen LogP contribution in [0, 0.1) is 0 Å². The van der Waals surface area contributed by atoms with Gasteiger partial charge in [0.25, 0.3) is 0 Å². The molecule has 0 radical (unpaired) electrons. The van der Waals surface area contributed by atoms with Crippen LogP contribution in [0.4, 0.5) is 0 Å². The maximum absolute atomic E-state index is 13.6. The lowest BCUT2D eigenvalue weighted by Gasteiger charge is -2.42. The average Bonchev–Trinajstić information content (AvgIpc) is 2.97. The Morgan fingerprint density at radius 1 is 0.727 bits per heavy atom. The third kappa shape index (κ3) is 5.56. The van der Waals surface area contributed by atoms with Crippen LogP contribution in [0.25, 0.3) is 22.3 Å². The second-order valence-electron chi connectivity index (χ2n) is 10.4. The molecule has 10 unspecified atom stereocenters. The first-order chi connectivity index (χ1) is 20.7. The number of benzene rings is 2. The fraction of sp³-hybridized carbons (Fsp3) is 0.444. The van der Waals surface area contributed by atoms with Gasteiger partial charge in [-0.15, -0.1) is 0 Å². The Morgan fingerprint density at radius 3 is 2.00 bits per heavy atom. The van der Waals surface area contributed by atoms with Crippen molar-refractivity contribution in [3.05, 3.63) is 34.5 Å². The molecule has 11 N–H and O–H groups in total. The molecule has 2 aliphatic heterocycles. The Labute approximate surface area is 246 Å². The molecule has 3 aromatic rings. The highest BCUT2D eigenvalue weighted by Crippen LogP contribution is 2.43. The van der Waals surface area contributed by atoms with Crippen LogP contribution in [-0.2, 0) is 14.2 Å². The van der Waals surface area contributed by atoms with Crippen LogP contribution in [-0.4, -0.2) is 124 Å². The van der Waals surface area contributed by atoms with E-state index in [1.165, 1.54) is 6.92 Å². The molecule has 0 spiro atoms. The van der Waals surface area contributed by atoms with Gasteiger partial charge in [-0.1, -0.05) is 0 Å². The molecule has 2 saturated heterocycles. The smallest absolute Gasteiger partial charge is 0.239 e. The number of phenolic OH excluding ortho intramolecular Hbond substituents is 5. The van der Waals surface area contributed by atoms with E-state index in [2.05, 4.69) is 0 Å². The minimum atomic E-state index is -2.02. The number of hydrogen-bond donors (Lipinski definition) is 11. The van der Waals surface area contributed by atoms with Crippen molar-refractivity contribution in [3.8, 4) is 45.8 Å². The van der Waals surface area contributed by atoms with E-state index in [0.717, 1.165) is 24.3 Å². The minimum absolute atomic E-state index is 0.265. The van der Waals surface area contributed by atoms with Gasteiger partial charge in [0, 0.05) is 17.7 Å². The number of aliphatic hydroxyl groups is 6. The second-order valence-corrected chi connectivity index (χ2v) is 10.4. The standard InChI is InChI=1S/C27H30O17/c1-7-16(32)20(36)22(38)26(41-7)40-6-14-18(34)21(37)23(39)27(43-14)44-25-19(35)15-10(29)4-9(28)5-13(15)42-24(25)8-2-11(30)17(33)12(31)3-8/h2-5,7,14,16,18,20-23,26-34,36-39H,6H2,1H3. The Hall–Kier alpha value is -3.91. The van der Waals surface area contributed by atoms with Gasteiger partial charge in [-0.05, 0) is 19.1 Å². The molecule has 0 aliphatic carbocycles. The van der Waals surface area contributed by atoms with E-state index in [1.807, 2.05) is 0 Å². The number of phenols is 5. The Morgan fingerprint density at radius 2 is 1.34 bits per heavy atom. The Bertz CT molecular complexity index is 1570. The van der Waals surface area contributed by atoms with Crippen molar-refractivity contribution in [1.29, 1.82) is 0 Å². The summed E-state index contributed by atoms with van der Waals surface area (Å²) in [6.45, 7) is 0.770. The van der Waals surface area contributed by atoms with Crippen molar-refractivity contribution in [2.75, 3.05) is 6.61 Å². The summed E-state index contributed by atoms with van der Waals surface area (Å²) < 4.78 is 27.7. The number of fused-ring (bicyclic) bond motifs is 1. The maximum Gasteiger partial charge on any atom is 0.239 e. The van der Waals surface area contributed by atoms with Gasteiger partial charge in [0.05, 0.1) is 12.7 Å². The number of aliphatic hydroxyl groups excluding tert-OH is 6. The highest BCUT2D eigenvalue weighted by atomic mass is 16.7. The van der Waals surface area contributed by atoms with Crippen LogP contribution >= 0.6 is 0 Å². The zero-order chi connectivity index (χ0) is 32.2. The molecule has 10 atom stereocenters. The van der Waals surface area contributed by atoms with Crippen molar-refractivity contribution >= 4 is 11.0 Å². The lowest BCUT2D eigenvalue weighted by molar-refractivity contribution is -0.318. The van der Waals surface area contributed by atoms with Gasteiger partial charge in [0.15, 0.2) is 29.3 Å². The highest BCUT2D eigenvalue weighted by molar-refractivity contribution is 5.88. The third-order valence-electron chi connectivity index (χ3n) is 7.39. The van der Waals surface area contributed by atoms with Crippen LogP contribution in [0.2, 0.25) is 0 Å².